The van der Waals surface area contributed by atoms with E-state index in [0.29, 0.717) is 29.9 Å². The minimum atomic E-state index is -3.48. The Hall–Kier alpha value is -0.500. The summed E-state index contributed by atoms with van der Waals surface area (Å²) in [6.45, 7) is 5.56. The van der Waals surface area contributed by atoms with Crippen LogP contribution in [0.1, 0.15) is 37.7 Å². The molecule has 21 heavy (non-hydrogen) atoms. The zero-order chi connectivity index (χ0) is 15.3. The number of aryl methyl sites for hydroxylation is 1. The largest absolute Gasteiger partial charge is 0.464 e. The fraction of sp³-hybridized carbons (Fsp3) is 0.714. The lowest BCUT2D eigenvalue weighted by Gasteiger charge is -2.21. The van der Waals surface area contributed by atoms with Crippen molar-refractivity contribution in [2.24, 2.45) is 0 Å². The summed E-state index contributed by atoms with van der Waals surface area (Å²) in [5, 5.41) is 3.52. The Bertz CT molecular complexity index is 549. The predicted molar refractivity (Wildman–Crippen MR) is 86.1 cm³/mol. The summed E-state index contributed by atoms with van der Waals surface area (Å²) >= 11 is 1.86. The highest BCUT2D eigenvalue weighted by atomic mass is 32.2. The first-order chi connectivity index (χ1) is 10.0. The van der Waals surface area contributed by atoms with Gasteiger partial charge < -0.3 is 9.73 Å². The van der Waals surface area contributed by atoms with Crippen molar-refractivity contribution in [2.75, 3.05) is 18.8 Å². The molecule has 0 radical (unpaired) electrons. The molecule has 0 spiro atoms. The van der Waals surface area contributed by atoms with Gasteiger partial charge in [-0.1, -0.05) is 13.3 Å². The number of thioether (sulfide) groups is 1. The molecule has 1 atom stereocenters. The highest BCUT2D eigenvalue weighted by Crippen LogP contribution is 2.25. The molecule has 1 aromatic rings. The average Bonchev–Trinajstić information content (AvgIpc) is 2.86. The van der Waals surface area contributed by atoms with E-state index in [1.165, 1.54) is 12.8 Å². The van der Waals surface area contributed by atoms with Gasteiger partial charge >= 0.3 is 0 Å². The molecule has 1 aliphatic rings. The second-order valence-corrected chi connectivity index (χ2v) is 8.40. The number of furan rings is 1. The third-order valence-corrected chi connectivity index (χ3v) is 6.47. The van der Waals surface area contributed by atoms with Crippen molar-refractivity contribution in [2.45, 2.75) is 49.8 Å². The van der Waals surface area contributed by atoms with Crippen molar-refractivity contribution >= 4 is 21.8 Å². The average molecular weight is 332 g/mol. The van der Waals surface area contributed by atoms with E-state index >= 15 is 0 Å². The molecule has 0 bridgehead atoms. The van der Waals surface area contributed by atoms with Gasteiger partial charge in [0, 0.05) is 17.9 Å². The van der Waals surface area contributed by atoms with Crippen LogP contribution in [0.15, 0.2) is 15.4 Å². The van der Waals surface area contributed by atoms with Crippen LogP contribution in [-0.4, -0.2) is 32.5 Å². The van der Waals surface area contributed by atoms with Crippen LogP contribution in [0.25, 0.3) is 0 Å². The Balaban J connectivity index is 1.99. The molecule has 1 unspecified atom stereocenters. The Morgan fingerprint density at radius 2 is 2.24 bits per heavy atom. The first-order valence-electron chi connectivity index (χ1n) is 7.44. The lowest BCUT2D eigenvalue weighted by molar-refractivity contribution is 0.460. The molecule has 1 fully saturated rings. The van der Waals surface area contributed by atoms with Crippen LogP contribution in [0.3, 0.4) is 0 Å². The molecule has 5 nitrogen and oxygen atoms in total. The lowest BCUT2D eigenvalue weighted by atomic mass is 10.2. The van der Waals surface area contributed by atoms with E-state index in [1.807, 2.05) is 18.7 Å². The molecule has 0 aliphatic carbocycles. The van der Waals surface area contributed by atoms with E-state index < -0.39 is 10.0 Å². The molecule has 2 heterocycles. The number of sulfonamides is 1. The highest BCUT2D eigenvalue weighted by Gasteiger charge is 2.23. The van der Waals surface area contributed by atoms with Gasteiger partial charge in [-0.05, 0) is 32.1 Å². The van der Waals surface area contributed by atoms with Crippen LogP contribution in [0, 0.1) is 6.92 Å². The van der Waals surface area contributed by atoms with E-state index in [1.54, 1.807) is 13.0 Å². The predicted octanol–water partition coefficient (Wildman–Crippen LogP) is 2.26. The van der Waals surface area contributed by atoms with E-state index in [4.69, 9.17) is 4.42 Å². The Morgan fingerprint density at radius 3 is 2.90 bits per heavy atom. The van der Waals surface area contributed by atoms with E-state index in [-0.39, 0.29) is 4.90 Å². The number of nitrogens with one attached hydrogen (secondary N) is 2. The van der Waals surface area contributed by atoms with E-state index in [2.05, 4.69) is 10.0 Å². The summed E-state index contributed by atoms with van der Waals surface area (Å²) in [4.78, 5) is 0.260. The second kappa shape index (κ2) is 7.67. The van der Waals surface area contributed by atoms with Gasteiger partial charge in [-0.25, -0.2) is 13.1 Å². The molecule has 2 N–H and O–H groups in total. The van der Waals surface area contributed by atoms with Crippen LogP contribution in [0.4, 0.5) is 0 Å². The van der Waals surface area contributed by atoms with Crippen LogP contribution in [0.2, 0.25) is 0 Å². The van der Waals surface area contributed by atoms with Crippen molar-refractivity contribution in [1.82, 2.24) is 10.0 Å². The van der Waals surface area contributed by atoms with Crippen LogP contribution >= 0.6 is 11.8 Å². The first-order valence-corrected chi connectivity index (χ1v) is 9.97. The molecular weight excluding hydrogens is 308 g/mol. The van der Waals surface area contributed by atoms with E-state index in [0.717, 1.165) is 18.7 Å². The summed E-state index contributed by atoms with van der Waals surface area (Å²) in [5.41, 5.74) is 0. The third kappa shape index (κ3) is 4.74. The van der Waals surface area contributed by atoms with Crippen molar-refractivity contribution in [1.29, 1.82) is 0 Å². The van der Waals surface area contributed by atoms with Gasteiger partial charge in [0.25, 0.3) is 0 Å². The van der Waals surface area contributed by atoms with E-state index in [9.17, 15) is 8.42 Å². The number of hydrogen-bond donors (Lipinski definition) is 2. The second-order valence-electron chi connectivity index (χ2n) is 5.25. The SMILES string of the molecule is CCNCc1cc(S(=O)(=O)NCC2CCCCS2)c(C)o1. The molecule has 0 aromatic carbocycles. The van der Waals surface area contributed by atoms with Crippen LogP contribution < -0.4 is 10.0 Å². The van der Waals surface area contributed by atoms with Crippen molar-refractivity contribution in [3.8, 4) is 0 Å². The summed E-state index contributed by atoms with van der Waals surface area (Å²) in [6, 6.07) is 1.62. The van der Waals surface area contributed by atoms with Gasteiger partial charge in [-0.3, -0.25) is 0 Å². The molecule has 0 amide bonds. The van der Waals surface area contributed by atoms with Gasteiger partial charge in [0.2, 0.25) is 10.0 Å². The minimum Gasteiger partial charge on any atom is -0.464 e. The highest BCUT2D eigenvalue weighted by molar-refractivity contribution is 8.00. The molecular formula is C14H24N2O3S2. The minimum absolute atomic E-state index is 0.260. The van der Waals surface area contributed by atoms with Gasteiger partial charge in [-0.15, -0.1) is 0 Å². The topological polar surface area (TPSA) is 71.3 Å². The molecule has 2 rings (SSSR count). The Kier molecular flexibility index (Phi) is 6.16. The first kappa shape index (κ1) is 16.9. The molecule has 1 aliphatic heterocycles. The summed E-state index contributed by atoms with van der Waals surface area (Å²) in [6.07, 6.45) is 3.52. The zero-order valence-corrected chi connectivity index (χ0v) is 14.3. The quantitative estimate of drug-likeness (QED) is 0.801. The maximum Gasteiger partial charge on any atom is 0.244 e. The lowest BCUT2D eigenvalue weighted by Crippen LogP contribution is -2.32. The van der Waals surface area contributed by atoms with Crippen LogP contribution in [-0.2, 0) is 16.6 Å². The van der Waals surface area contributed by atoms with Gasteiger partial charge in [0.15, 0.2) is 0 Å². The monoisotopic (exact) mass is 332 g/mol. The molecule has 120 valence electrons. The van der Waals surface area contributed by atoms with Gasteiger partial charge in [0.1, 0.15) is 16.4 Å². The number of rotatable bonds is 7. The number of hydrogen-bond acceptors (Lipinski definition) is 5. The smallest absolute Gasteiger partial charge is 0.244 e. The maximum atomic E-state index is 12.4. The standard InChI is InChI=1S/C14H24N2O3S2/c1-3-15-9-12-8-14(11(2)19-12)21(17,18)16-10-13-6-4-5-7-20-13/h8,13,15-16H,3-7,9-10H2,1-2H3. The van der Waals surface area contributed by atoms with Gasteiger partial charge in [0.05, 0.1) is 6.54 Å². The maximum absolute atomic E-state index is 12.4. The fourth-order valence-electron chi connectivity index (χ4n) is 2.38. The molecule has 7 heteroatoms. The summed E-state index contributed by atoms with van der Waals surface area (Å²) in [5.74, 6) is 2.23. The van der Waals surface area contributed by atoms with Crippen molar-refractivity contribution in [3.05, 3.63) is 17.6 Å². The third-order valence-electron chi connectivity index (χ3n) is 3.54. The van der Waals surface area contributed by atoms with Crippen molar-refractivity contribution < 1.29 is 12.8 Å². The van der Waals surface area contributed by atoms with Crippen molar-refractivity contribution in [3.63, 3.8) is 0 Å². The molecule has 1 saturated heterocycles. The summed E-state index contributed by atoms with van der Waals surface area (Å²) < 4.78 is 33.0. The fourth-order valence-corrected chi connectivity index (χ4v) is 5.00. The van der Waals surface area contributed by atoms with Gasteiger partial charge in [-0.2, -0.15) is 11.8 Å². The zero-order valence-electron chi connectivity index (χ0n) is 12.6. The normalized spacial score (nSPS) is 19.8. The van der Waals surface area contributed by atoms with Crippen LogP contribution in [0.5, 0.6) is 0 Å². The Morgan fingerprint density at radius 1 is 1.43 bits per heavy atom. The molecule has 1 aromatic heterocycles. The Labute approximate surface area is 131 Å². The summed E-state index contributed by atoms with van der Waals surface area (Å²) in [7, 11) is -3.48. The molecule has 0 saturated carbocycles.